The Morgan fingerprint density at radius 1 is 0.241 bits per heavy atom. The van der Waals surface area contributed by atoms with Crippen LogP contribution in [0, 0.1) is 0 Å². The molecule has 2 heteroatoms. The van der Waals surface area contributed by atoms with Gasteiger partial charge in [-0.2, -0.15) is 0 Å². The first kappa shape index (κ1) is 30.5. The molecule has 0 unspecified atom stereocenters. The van der Waals surface area contributed by atoms with Crippen LogP contribution in [0.1, 0.15) is 0 Å². The molecule has 2 aromatic heterocycles. The Bertz CT molecular complexity index is 3180. The van der Waals surface area contributed by atoms with Crippen molar-refractivity contribution in [2.24, 2.45) is 0 Å². The molecule has 0 aliphatic carbocycles. The van der Waals surface area contributed by atoms with Gasteiger partial charge in [-0.1, -0.05) is 146 Å². The lowest BCUT2D eigenvalue weighted by Gasteiger charge is -2.12. The molecule has 0 spiro atoms. The number of aromatic nitrogens is 2. The Morgan fingerprint density at radius 3 is 1.33 bits per heavy atom. The Labute approximate surface area is 313 Å². The van der Waals surface area contributed by atoms with Gasteiger partial charge in [-0.3, -0.25) is 0 Å². The third-order valence-corrected chi connectivity index (χ3v) is 11.1. The van der Waals surface area contributed by atoms with Crippen molar-refractivity contribution in [3.8, 4) is 44.8 Å². The van der Waals surface area contributed by atoms with E-state index in [0.717, 1.165) is 5.69 Å². The first-order valence-electron chi connectivity index (χ1n) is 18.6. The molecular formula is C52H34N2. The van der Waals surface area contributed by atoms with Gasteiger partial charge in [-0.25, -0.2) is 0 Å². The summed E-state index contributed by atoms with van der Waals surface area (Å²) in [5.41, 5.74) is 14.4. The SMILES string of the molecule is c1ccc(-c2ccc3c(c2)c2cc(-c4ccc5c(c4)c4ccc(-c6ccccc6)cc4n5-c4cccc5ccccc45)ccc2n3-c2ccccc2)cc1. The molecule has 0 atom stereocenters. The molecule has 11 aromatic rings. The Hall–Kier alpha value is -7.16. The Balaban J connectivity index is 1.15. The van der Waals surface area contributed by atoms with Crippen molar-refractivity contribution in [3.63, 3.8) is 0 Å². The maximum absolute atomic E-state index is 2.46. The summed E-state index contributed by atoms with van der Waals surface area (Å²) in [4.78, 5) is 0. The molecule has 0 saturated heterocycles. The van der Waals surface area contributed by atoms with E-state index in [0.29, 0.717) is 0 Å². The van der Waals surface area contributed by atoms with Crippen LogP contribution in [0.25, 0.3) is 99.1 Å². The van der Waals surface area contributed by atoms with Crippen molar-refractivity contribution in [2.75, 3.05) is 0 Å². The van der Waals surface area contributed by atoms with E-state index in [1.165, 1.54) is 93.5 Å². The van der Waals surface area contributed by atoms with Gasteiger partial charge < -0.3 is 9.13 Å². The zero-order valence-corrected chi connectivity index (χ0v) is 29.5. The third kappa shape index (κ3) is 4.81. The predicted octanol–water partition coefficient (Wildman–Crippen LogP) is 14.0. The second kappa shape index (κ2) is 12.2. The van der Waals surface area contributed by atoms with Crippen LogP contribution in [-0.2, 0) is 0 Å². The van der Waals surface area contributed by atoms with Crippen LogP contribution in [0.5, 0.6) is 0 Å². The molecule has 0 N–H and O–H groups in total. The lowest BCUT2D eigenvalue weighted by Crippen LogP contribution is -1.95. The van der Waals surface area contributed by atoms with Crippen molar-refractivity contribution in [1.29, 1.82) is 0 Å². The van der Waals surface area contributed by atoms with E-state index in [1.807, 2.05) is 0 Å². The van der Waals surface area contributed by atoms with Crippen molar-refractivity contribution in [2.45, 2.75) is 0 Å². The lowest BCUT2D eigenvalue weighted by molar-refractivity contribution is 1.18. The van der Waals surface area contributed by atoms with E-state index in [9.17, 15) is 0 Å². The first-order chi connectivity index (χ1) is 26.8. The normalized spacial score (nSPS) is 11.7. The summed E-state index contributed by atoms with van der Waals surface area (Å²) in [6.07, 6.45) is 0. The lowest BCUT2D eigenvalue weighted by atomic mass is 9.99. The van der Waals surface area contributed by atoms with Gasteiger partial charge in [0.15, 0.2) is 0 Å². The zero-order valence-electron chi connectivity index (χ0n) is 29.5. The Kier molecular flexibility index (Phi) is 6.90. The van der Waals surface area contributed by atoms with Crippen molar-refractivity contribution in [1.82, 2.24) is 9.13 Å². The van der Waals surface area contributed by atoms with Crippen LogP contribution in [0.4, 0.5) is 0 Å². The van der Waals surface area contributed by atoms with Crippen molar-refractivity contribution >= 4 is 54.4 Å². The number of hydrogen-bond donors (Lipinski definition) is 0. The molecule has 0 saturated carbocycles. The van der Waals surface area contributed by atoms with Gasteiger partial charge >= 0.3 is 0 Å². The number of rotatable bonds is 5. The van der Waals surface area contributed by atoms with E-state index in [4.69, 9.17) is 0 Å². The Morgan fingerprint density at radius 2 is 0.704 bits per heavy atom. The van der Waals surface area contributed by atoms with Crippen LogP contribution in [0.15, 0.2) is 206 Å². The second-order valence-electron chi connectivity index (χ2n) is 14.2. The number of fused-ring (bicyclic) bond motifs is 7. The largest absolute Gasteiger partial charge is 0.309 e. The van der Waals surface area contributed by atoms with Gasteiger partial charge in [0.25, 0.3) is 0 Å². The van der Waals surface area contributed by atoms with Gasteiger partial charge in [0, 0.05) is 32.6 Å². The van der Waals surface area contributed by atoms with Gasteiger partial charge in [0.2, 0.25) is 0 Å². The molecule has 252 valence electrons. The summed E-state index contributed by atoms with van der Waals surface area (Å²) >= 11 is 0. The van der Waals surface area contributed by atoms with E-state index in [-0.39, 0.29) is 0 Å². The molecule has 9 aromatic carbocycles. The minimum absolute atomic E-state index is 1.16. The highest BCUT2D eigenvalue weighted by molar-refractivity contribution is 6.14. The summed E-state index contributed by atoms with van der Waals surface area (Å²) in [5, 5.41) is 7.46. The van der Waals surface area contributed by atoms with E-state index >= 15 is 0 Å². The van der Waals surface area contributed by atoms with Crippen LogP contribution in [0.2, 0.25) is 0 Å². The van der Waals surface area contributed by atoms with Gasteiger partial charge in [0.1, 0.15) is 0 Å². The zero-order chi connectivity index (χ0) is 35.6. The summed E-state index contributed by atoms with van der Waals surface area (Å²) in [6, 6.07) is 75.2. The average molecular weight is 687 g/mol. The monoisotopic (exact) mass is 686 g/mol. The molecular weight excluding hydrogens is 653 g/mol. The minimum Gasteiger partial charge on any atom is -0.309 e. The molecule has 0 bridgehead atoms. The topological polar surface area (TPSA) is 9.86 Å². The fourth-order valence-corrected chi connectivity index (χ4v) is 8.54. The van der Waals surface area contributed by atoms with Crippen LogP contribution >= 0.6 is 0 Å². The van der Waals surface area contributed by atoms with Crippen molar-refractivity contribution < 1.29 is 0 Å². The van der Waals surface area contributed by atoms with Gasteiger partial charge in [-0.15, -0.1) is 0 Å². The number of para-hydroxylation sites is 1. The highest BCUT2D eigenvalue weighted by atomic mass is 15.0. The van der Waals surface area contributed by atoms with E-state index in [1.54, 1.807) is 0 Å². The summed E-state index contributed by atoms with van der Waals surface area (Å²) in [5.74, 6) is 0. The highest BCUT2D eigenvalue weighted by Gasteiger charge is 2.18. The molecule has 2 heterocycles. The fourth-order valence-electron chi connectivity index (χ4n) is 8.54. The molecule has 0 aliphatic rings. The molecule has 0 amide bonds. The molecule has 0 radical (unpaired) electrons. The maximum atomic E-state index is 2.46. The van der Waals surface area contributed by atoms with Gasteiger partial charge in [0.05, 0.1) is 27.8 Å². The summed E-state index contributed by atoms with van der Waals surface area (Å²) in [7, 11) is 0. The standard InChI is InChI=1S/C52H34N2/c1-4-13-35(14-5-1)38-24-28-49-46(31-38)47-33-40(25-29-50(47)53(49)42-19-8-3-9-20-42)39-26-30-51-45(32-39)44-27-23-41(36-15-6-2-7-16-36)34-52(44)54(51)48-22-12-18-37-17-10-11-21-43(37)48/h1-34H. The van der Waals surface area contributed by atoms with E-state index < -0.39 is 0 Å². The molecule has 11 rings (SSSR count). The predicted molar refractivity (Wildman–Crippen MR) is 229 cm³/mol. The highest BCUT2D eigenvalue weighted by Crippen LogP contribution is 2.41. The number of nitrogens with zero attached hydrogens (tertiary/aromatic N) is 2. The smallest absolute Gasteiger partial charge is 0.0547 e. The number of benzene rings is 9. The van der Waals surface area contributed by atoms with Crippen LogP contribution in [-0.4, -0.2) is 9.13 Å². The fraction of sp³-hybridized carbons (Fsp3) is 0. The molecule has 54 heavy (non-hydrogen) atoms. The first-order valence-corrected chi connectivity index (χ1v) is 18.6. The summed E-state index contributed by atoms with van der Waals surface area (Å²) in [6.45, 7) is 0. The second-order valence-corrected chi connectivity index (χ2v) is 14.2. The van der Waals surface area contributed by atoms with Crippen LogP contribution in [0.3, 0.4) is 0 Å². The minimum atomic E-state index is 1.16. The quantitative estimate of drug-likeness (QED) is 0.171. The van der Waals surface area contributed by atoms with Crippen LogP contribution < -0.4 is 0 Å². The molecule has 2 nitrogen and oxygen atoms in total. The third-order valence-electron chi connectivity index (χ3n) is 11.1. The van der Waals surface area contributed by atoms with Gasteiger partial charge in [-0.05, 0) is 99.4 Å². The molecule has 0 aliphatic heterocycles. The molecule has 0 fully saturated rings. The van der Waals surface area contributed by atoms with Crippen molar-refractivity contribution in [3.05, 3.63) is 206 Å². The van der Waals surface area contributed by atoms with E-state index in [2.05, 4.69) is 215 Å². The number of hydrogen-bond acceptors (Lipinski definition) is 0. The maximum Gasteiger partial charge on any atom is 0.0547 e. The summed E-state index contributed by atoms with van der Waals surface area (Å²) < 4.78 is 4.86. The average Bonchev–Trinajstić information content (AvgIpc) is 3.75.